The van der Waals surface area contributed by atoms with Gasteiger partial charge in [-0.1, -0.05) is 18.2 Å². The van der Waals surface area contributed by atoms with Gasteiger partial charge in [0.05, 0.1) is 11.4 Å². The highest BCUT2D eigenvalue weighted by Crippen LogP contribution is 2.33. The van der Waals surface area contributed by atoms with E-state index >= 15 is 0 Å². The average molecular weight is 473 g/mol. The molecule has 0 unspecified atom stereocenters. The van der Waals surface area contributed by atoms with Gasteiger partial charge in [0, 0.05) is 56.1 Å². The van der Waals surface area contributed by atoms with Crippen molar-refractivity contribution in [2.45, 2.75) is 51.4 Å². The lowest BCUT2D eigenvalue weighted by molar-refractivity contribution is 0.0713. The fraction of sp³-hybridized carbons (Fsp3) is 0.448. The van der Waals surface area contributed by atoms with Crippen molar-refractivity contribution in [1.29, 1.82) is 0 Å². The third-order valence-electron chi connectivity index (χ3n) is 7.72. The molecule has 2 aliphatic rings. The van der Waals surface area contributed by atoms with Crippen molar-refractivity contribution in [3.63, 3.8) is 0 Å². The van der Waals surface area contributed by atoms with Gasteiger partial charge in [-0.15, -0.1) is 0 Å². The number of anilines is 1. The van der Waals surface area contributed by atoms with E-state index in [-0.39, 0.29) is 5.91 Å². The van der Waals surface area contributed by atoms with E-state index in [2.05, 4.69) is 60.5 Å². The first-order valence-electron chi connectivity index (χ1n) is 12.9. The Morgan fingerprint density at radius 3 is 2.40 bits per heavy atom. The number of rotatable bonds is 5. The minimum Gasteiger partial charge on any atom is -0.388 e. The molecule has 0 bridgehead atoms. The number of nitrogens with one attached hydrogen (secondary N) is 2. The van der Waals surface area contributed by atoms with Gasteiger partial charge < -0.3 is 19.9 Å². The molecule has 3 aromatic rings. The number of amides is 1. The molecule has 184 valence electrons. The van der Waals surface area contributed by atoms with Crippen LogP contribution in [0.5, 0.6) is 0 Å². The maximum Gasteiger partial charge on any atom is 0.253 e. The van der Waals surface area contributed by atoms with Crippen LogP contribution in [0.2, 0.25) is 0 Å². The van der Waals surface area contributed by atoms with E-state index in [1.807, 2.05) is 18.0 Å². The van der Waals surface area contributed by atoms with Crippen molar-refractivity contribution in [3.05, 3.63) is 70.7 Å². The van der Waals surface area contributed by atoms with Crippen LogP contribution in [0.3, 0.4) is 0 Å². The van der Waals surface area contributed by atoms with Crippen molar-refractivity contribution in [2.75, 3.05) is 38.7 Å². The Morgan fingerprint density at radius 2 is 1.71 bits per heavy atom. The van der Waals surface area contributed by atoms with Crippen molar-refractivity contribution in [2.24, 2.45) is 0 Å². The maximum atomic E-state index is 13.4. The number of nitrogens with zero attached hydrogens (tertiary/aromatic N) is 2. The molecule has 1 aromatic heterocycles. The van der Waals surface area contributed by atoms with E-state index in [9.17, 15) is 4.79 Å². The van der Waals surface area contributed by atoms with Gasteiger partial charge in [0.2, 0.25) is 0 Å². The number of benzene rings is 2. The third-order valence-corrected chi connectivity index (χ3v) is 7.72. The van der Waals surface area contributed by atoms with Crippen LogP contribution in [0, 0.1) is 13.8 Å². The second kappa shape index (κ2) is 10.2. The lowest BCUT2D eigenvalue weighted by atomic mass is 9.89. The Morgan fingerprint density at radius 1 is 1.00 bits per heavy atom. The molecule has 5 rings (SSSR count). The molecule has 2 fully saturated rings. The van der Waals surface area contributed by atoms with Crippen molar-refractivity contribution in [1.82, 2.24) is 14.9 Å². The number of imidazole rings is 1. The van der Waals surface area contributed by atoms with Gasteiger partial charge >= 0.3 is 0 Å². The standard InChI is InChI=1S/C29H36N4O2/c1-19-4-5-24(18-26(19)27-20(2)31-28(32-27)23-12-16-35-17-13-23)29(34)33-14-10-22(11-15-33)21-6-8-25(30-3)9-7-21/h4-9,18,22-23,30H,10-17H2,1-3H3,(H,31,32). The number of carbonyl (C=O) groups is 1. The Labute approximate surface area is 208 Å². The zero-order valence-electron chi connectivity index (χ0n) is 21.1. The van der Waals surface area contributed by atoms with Crippen LogP contribution in [-0.4, -0.2) is 54.1 Å². The largest absolute Gasteiger partial charge is 0.388 e. The first-order chi connectivity index (χ1) is 17.0. The molecule has 6 heteroatoms. The van der Waals surface area contributed by atoms with Gasteiger partial charge in [0.15, 0.2) is 0 Å². The summed E-state index contributed by atoms with van der Waals surface area (Å²) in [5, 5.41) is 3.17. The Balaban J connectivity index is 1.30. The van der Waals surface area contributed by atoms with E-state index in [4.69, 9.17) is 9.72 Å². The van der Waals surface area contributed by atoms with Crippen LogP contribution < -0.4 is 5.32 Å². The summed E-state index contributed by atoms with van der Waals surface area (Å²) in [5.74, 6) is 2.09. The molecule has 0 saturated carbocycles. The van der Waals surface area contributed by atoms with Gasteiger partial charge in [-0.3, -0.25) is 4.79 Å². The highest BCUT2D eigenvalue weighted by Gasteiger charge is 2.26. The van der Waals surface area contributed by atoms with E-state index < -0.39 is 0 Å². The smallest absolute Gasteiger partial charge is 0.253 e. The van der Waals surface area contributed by atoms with Gasteiger partial charge in [-0.25, -0.2) is 4.98 Å². The third kappa shape index (κ3) is 4.98. The van der Waals surface area contributed by atoms with Gasteiger partial charge in [0.25, 0.3) is 5.91 Å². The number of hydrogen-bond acceptors (Lipinski definition) is 4. The minimum absolute atomic E-state index is 0.122. The topological polar surface area (TPSA) is 70.2 Å². The first-order valence-corrected chi connectivity index (χ1v) is 12.9. The number of ether oxygens (including phenoxy) is 1. The summed E-state index contributed by atoms with van der Waals surface area (Å²) in [6, 6.07) is 14.8. The molecule has 0 spiro atoms. The zero-order valence-corrected chi connectivity index (χ0v) is 21.1. The summed E-state index contributed by atoms with van der Waals surface area (Å²) in [6.07, 6.45) is 3.99. The van der Waals surface area contributed by atoms with Crippen LogP contribution in [0.25, 0.3) is 11.3 Å². The number of hydrogen-bond donors (Lipinski definition) is 2. The quantitative estimate of drug-likeness (QED) is 0.503. The Bertz CT molecular complexity index is 1170. The second-order valence-electron chi connectivity index (χ2n) is 9.94. The number of H-pyrrole nitrogens is 1. The van der Waals surface area contributed by atoms with Crippen LogP contribution in [-0.2, 0) is 4.74 Å². The lowest BCUT2D eigenvalue weighted by Gasteiger charge is -2.32. The fourth-order valence-corrected chi connectivity index (χ4v) is 5.45. The molecule has 2 aromatic carbocycles. The van der Waals surface area contributed by atoms with Crippen molar-refractivity contribution >= 4 is 11.6 Å². The summed E-state index contributed by atoms with van der Waals surface area (Å²) in [7, 11) is 1.94. The Hall–Kier alpha value is -3.12. The number of aromatic amines is 1. The summed E-state index contributed by atoms with van der Waals surface area (Å²) in [6.45, 7) is 7.32. The number of likely N-dealkylation sites (tertiary alicyclic amines) is 1. The molecular formula is C29H36N4O2. The van der Waals surface area contributed by atoms with Gasteiger partial charge in [-0.2, -0.15) is 0 Å². The first kappa shape index (κ1) is 23.6. The van der Waals surface area contributed by atoms with E-state index in [1.54, 1.807) is 0 Å². The molecule has 1 amide bonds. The predicted molar refractivity (Wildman–Crippen MR) is 140 cm³/mol. The number of carbonyl (C=O) groups excluding carboxylic acids is 1. The second-order valence-corrected chi connectivity index (χ2v) is 9.94. The zero-order chi connectivity index (χ0) is 24.4. The molecule has 0 atom stereocenters. The summed E-state index contributed by atoms with van der Waals surface area (Å²) in [5.41, 5.74) is 7.48. The van der Waals surface area contributed by atoms with E-state index in [0.717, 1.165) is 91.6 Å². The number of aryl methyl sites for hydroxylation is 2. The SMILES string of the molecule is CNc1ccc(C2CCN(C(=O)c3ccc(C)c(-c4[nH]c(C5CCOCC5)nc4C)c3)CC2)cc1. The molecule has 0 aliphatic carbocycles. The molecule has 0 radical (unpaired) electrons. The fourth-order valence-electron chi connectivity index (χ4n) is 5.45. The molecular weight excluding hydrogens is 436 g/mol. The highest BCUT2D eigenvalue weighted by molar-refractivity contribution is 5.95. The molecule has 3 heterocycles. The normalized spacial score (nSPS) is 17.5. The highest BCUT2D eigenvalue weighted by atomic mass is 16.5. The van der Waals surface area contributed by atoms with Crippen LogP contribution >= 0.6 is 0 Å². The van der Waals surface area contributed by atoms with Gasteiger partial charge in [-0.05, 0) is 80.8 Å². The summed E-state index contributed by atoms with van der Waals surface area (Å²) < 4.78 is 5.52. The summed E-state index contributed by atoms with van der Waals surface area (Å²) in [4.78, 5) is 23.9. The van der Waals surface area contributed by atoms with E-state index in [1.165, 1.54) is 5.56 Å². The molecule has 2 N–H and O–H groups in total. The van der Waals surface area contributed by atoms with Crippen molar-refractivity contribution < 1.29 is 9.53 Å². The van der Waals surface area contributed by atoms with E-state index in [0.29, 0.717) is 11.8 Å². The predicted octanol–water partition coefficient (Wildman–Crippen LogP) is 5.65. The van der Waals surface area contributed by atoms with Crippen LogP contribution in [0.4, 0.5) is 5.69 Å². The Kier molecular flexibility index (Phi) is 6.91. The molecule has 6 nitrogen and oxygen atoms in total. The minimum atomic E-state index is 0.122. The van der Waals surface area contributed by atoms with Crippen LogP contribution in [0.15, 0.2) is 42.5 Å². The molecule has 2 aliphatic heterocycles. The van der Waals surface area contributed by atoms with Crippen molar-refractivity contribution in [3.8, 4) is 11.3 Å². The lowest BCUT2D eigenvalue weighted by Crippen LogP contribution is -2.37. The average Bonchev–Trinajstić information content (AvgIpc) is 3.30. The summed E-state index contributed by atoms with van der Waals surface area (Å²) >= 11 is 0. The molecule has 35 heavy (non-hydrogen) atoms. The molecule has 2 saturated heterocycles. The number of aromatic nitrogens is 2. The van der Waals surface area contributed by atoms with Gasteiger partial charge in [0.1, 0.15) is 5.82 Å². The van der Waals surface area contributed by atoms with Crippen LogP contribution in [0.1, 0.15) is 70.5 Å². The maximum absolute atomic E-state index is 13.4. The number of piperidine rings is 1. The monoisotopic (exact) mass is 472 g/mol.